The van der Waals surface area contributed by atoms with Crippen LogP contribution < -0.4 is 0 Å². The second-order valence-electron chi connectivity index (χ2n) is 5.12. The molecule has 2 rings (SSSR count). The minimum atomic E-state index is -4.63. The van der Waals surface area contributed by atoms with Crippen LogP contribution in [0.3, 0.4) is 0 Å². The molecular weight excluding hydrogens is 312 g/mol. The molecule has 1 aromatic rings. The molecule has 1 aliphatic rings. The molecule has 122 valence electrons. The zero-order valence-corrected chi connectivity index (χ0v) is 11.3. The maximum Gasteiger partial charge on any atom is 0.408 e. The van der Waals surface area contributed by atoms with Crippen molar-refractivity contribution in [2.75, 3.05) is 0 Å². The van der Waals surface area contributed by atoms with E-state index in [0.29, 0.717) is 4.90 Å². The van der Waals surface area contributed by atoms with Crippen molar-refractivity contribution in [3.05, 3.63) is 35.1 Å². The fourth-order valence-electron chi connectivity index (χ4n) is 2.49. The first-order valence-electron chi connectivity index (χ1n) is 6.63. The van der Waals surface area contributed by atoms with E-state index in [9.17, 15) is 31.1 Å². The van der Waals surface area contributed by atoms with Crippen LogP contribution in [0.2, 0.25) is 0 Å². The number of piperidine rings is 1. The summed E-state index contributed by atoms with van der Waals surface area (Å²) in [5.41, 5.74) is -0.841. The molecule has 0 saturated carbocycles. The normalized spacial score (nSPS) is 19.9. The lowest BCUT2D eigenvalue weighted by molar-refractivity contribution is -0.198. The quantitative estimate of drug-likeness (QED) is 0.763. The highest BCUT2D eigenvalue weighted by Crippen LogP contribution is 2.34. The van der Waals surface area contributed by atoms with Gasteiger partial charge in [-0.1, -0.05) is 6.07 Å². The zero-order chi connectivity index (χ0) is 16.5. The SMILES string of the molecule is O=C1CCC[C@@H](C(F)(F)F)N1Cc1cc(C(F)F)ccc1F. The van der Waals surface area contributed by atoms with Gasteiger partial charge in [0.25, 0.3) is 6.43 Å². The number of benzene rings is 1. The molecular formula is C14H13F6NO. The van der Waals surface area contributed by atoms with Gasteiger partial charge < -0.3 is 4.90 Å². The number of nitrogens with zero attached hydrogens (tertiary/aromatic N) is 1. The van der Waals surface area contributed by atoms with Gasteiger partial charge in [-0.3, -0.25) is 4.79 Å². The Morgan fingerprint density at radius 3 is 2.55 bits per heavy atom. The number of hydrogen-bond acceptors (Lipinski definition) is 1. The van der Waals surface area contributed by atoms with Crippen LogP contribution in [0.15, 0.2) is 18.2 Å². The Bertz CT molecular complexity index is 557. The molecule has 1 atom stereocenters. The summed E-state index contributed by atoms with van der Waals surface area (Å²) in [6.07, 6.45) is -7.74. The molecule has 0 unspecified atom stereocenters. The van der Waals surface area contributed by atoms with E-state index in [-0.39, 0.29) is 24.8 Å². The van der Waals surface area contributed by atoms with Gasteiger partial charge in [0, 0.05) is 24.1 Å². The molecule has 8 heteroatoms. The van der Waals surface area contributed by atoms with E-state index in [2.05, 4.69) is 0 Å². The summed E-state index contributed by atoms with van der Waals surface area (Å²) in [7, 11) is 0. The topological polar surface area (TPSA) is 20.3 Å². The highest BCUT2D eigenvalue weighted by molar-refractivity contribution is 5.77. The summed E-state index contributed by atoms with van der Waals surface area (Å²) < 4.78 is 77.8. The van der Waals surface area contributed by atoms with Crippen molar-refractivity contribution in [2.45, 2.75) is 44.5 Å². The lowest BCUT2D eigenvalue weighted by atomic mass is 9.99. The van der Waals surface area contributed by atoms with Gasteiger partial charge in [-0.15, -0.1) is 0 Å². The number of likely N-dealkylation sites (tertiary alicyclic amines) is 1. The van der Waals surface area contributed by atoms with Crippen LogP contribution in [0.1, 0.15) is 36.8 Å². The molecule has 0 aliphatic carbocycles. The summed E-state index contributed by atoms with van der Waals surface area (Å²) in [4.78, 5) is 12.3. The zero-order valence-electron chi connectivity index (χ0n) is 11.3. The maximum absolute atomic E-state index is 13.7. The van der Waals surface area contributed by atoms with E-state index in [4.69, 9.17) is 0 Å². The first-order chi connectivity index (χ1) is 10.2. The van der Waals surface area contributed by atoms with Crippen LogP contribution in [0.5, 0.6) is 0 Å². The van der Waals surface area contributed by atoms with Gasteiger partial charge in [0.05, 0.1) is 0 Å². The van der Waals surface area contributed by atoms with Crippen LogP contribution in [0.4, 0.5) is 26.3 Å². The number of alkyl halides is 5. The van der Waals surface area contributed by atoms with Gasteiger partial charge in [-0.2, -0.15) is 13.2 Å². The fraction of sp³-hybridized carbons (Fsp3) is 0.500. The third kappa shape index (κ3) is 3.53. The molecule has 1 amide bonds. The summed E-state index contributed by atoms with van der Waals surface area (Å²) in [5, 5.41) is 0. The van der Waals surface area contributed by atoms with Crippen LogP contribution in [0, 0.1) is 5.82 Å². The van der Waals surface area contributed by atoms with Crippen molar-refractivity contribution in [2.24, 2.45) is 0 Å². The average molecular weight is 325 g/mol. The first-order valence-corrected chi connectivity index (χ1v) is 6.63. The van der Waals surface area contributed by atoms with E-state index in [1.54, 1.807) is 0 Å². The third-order valence-corrected chi connectivity index (χ3v) is 3.61. The third-order valence-electron chi connectivity index (χ3n) is 3.61. The second-order valence-corrected chi connectivity index (χ2v) is 5.12. The smallest absolute Gasteiger partial charge is 0.326 e. The molecule has 2 nitrogen and oxygen atoms in total. The Labute approximate surface area is 122 Å². The molecule has 1 heterocycles. The largest absolute Gasteiger partial charge is 0.408 e. The average Bonchev–Trinajstić information content (AvgIpc) is 2.41. The predicted octanol–water partition coefficient (Wildman–Crippen LogP) is 4.21. The Balaban J connectivity index is 2.30. The lowest BCUT2D eigenvalue weighted by Gasteiger charge is -2.36. The highest BCUT2D eigenvalue weighted by Gasteiger charge is 2.46. The number of carbonyl (C=O) groups is 1. The van der Waals surface area contributed by atoms with Crippen LogP contribution in [-0.2, 0) is 11.3 Å². The van der Waals surface area contributed by atoms with Gasteiger partial charge in [0.15, 0.2) is 0 Å². The number of hydrogen-bond donors (Lipinski definition) is 0. The maximum atomic E-state index is 13.7. The van der Waals surface area contributed by atoms with Crippen LogP contribution in [0.25, 0.3) is 0 Å². The van der Waals surface area contributed by atoms with E-state index in [0.717, 1.165) is 18.2 Å². The first kappa shape index (κ1) is 16.6. The lowest BCUT2D eigenvalue weighted by Crippen LogP contribution is -2.50. The summed E-state index contributed by atoms with van der Waals surface area (Å²) in [5.74, 6) is -1.67. The van der Waals surface area contributed by atoms with E-state index >= 15 is 0 Å². The molecule has 1 saturated heterocycles. The van der Waals surface area contributed by atoms with E-state index in [1.807, 2.05) is 0 Å². The van der Waals surface area contributed by atoms with Crippen LogP contribution >= 0.6 is 0 Å². The highest BCUT2D eigenvalue weighted by atomic mass is 19.4. The van der Waals surface area contributed by atoms with Crippen molar-refractivity contribution < 1.29 is 31.1 Å². The predicted molar refractivity (Wildman–Crippen MR) is 65.6 cm³/mol. The molecule has 0 radical (unpaired) electrons. The minimum absolute atomic E-state index is 0.0667. The summed E-state index contributed by atoms with van der Waals surface area (Å²) in [6, 6.07) is 0.426. The summed E-state index contributed by atoms with van der Waals surface area (Å²) >= 11 is 0. The van der Waals surface area contributed by atoms with Crippen molar-refractivity contribution in [1.82, 2.24) is 4.90 Å². The minimum Gasteiger partial charge on any atom is -0.326 e. The van der Waals surface area contributed by atoms with Crippen molar-refractivity contribution in [3.8, 4) is 0 Å². The van der Waals surface area contributed by atoms with Crippen molar-refractivity contribution in [1.29, 1.82) is 0 Å². The molecule has 0 N–H and O–H groups in total. The van der Waals surface area contributed by atoms with Crippen molar-refractivity contribution in [3.63, 3.8) is 0 Å². The monoisotopic (exact) mass is 325 g/mol. The number of carbonyl (C=O) groups excluding carboxylic acids is 1. The van der Waals surface area contributed by atoms with E-state index in [1.165, 1.54) is 0 Å². The molecule has 0 bridgehead atoms. The molecule has 22 heavy (non-hydrogen) atoms. The molecule has 1 fully saturated rings. The van der Waals surface area contributed by atoms with E-state index < -0.39 is 42.5 Å². The molecule has 0 aromatic heterocycles. The van der Waals surface area contributed by atoms with Crippen LogP contribution in [-0.4, -0.2) is 23.0 Å². The summed E-state index contributed by atoms with van der Waals surface area (Å²) in [6.45, 7) is -0.671. The van der Waals surface area contributed by atoms with Gasteiger partial charge in [-0.05, 0) is 25.0 Å². The Morgan fingerprint density at radius 1 is 1.27 bits per heavy atom. The number of halogens is 6. The Hall–Kier alpha value is -1.73. The second kappa shape index (κ2) is 6.18. The Morgan fingerprint density at radius 2 is 1.95 bits per heavy atom. The van der Waals surface area contributed by atoms with Crippen molar-refractivity contribution >= 4 is 5.91 Å². The van der Waals surface area contributed by atoms with Gasteiger partial charge >= 0.3 is 6.18 Å². The van der Waals surface area contributed by atoms with Gasteiger partial charge in [0.2, 0.25) is 5.91 Å². The Kier molecular flexibility index (Phi) is 4.67. The molecule has 1 aromatic carbocycles. The van der Waals surface area contributed by atoms with Gasteiger partial charge in [0.1, 0.15) is 11.9 Å². The molecule has 0 spiro atoms. The standard InChI is InChI=1S/C14H13F6NO/c15-10-5-4-8(13(16)17)6-9(10)7-21-11(14(18,19)20)2-1-3-12(21)22/h4-6,11,13H,1-3,7H2/t11-/m0/s1. The molecule has 1 aliphatic heterocycles. The fourth-order valence-corrected chi connectivity index (χ4v) is 2.49. The number of amides is 1. The van der Waals surface area contributed by atoms with Gasteiger partial charge in [-0.25, -0.2) is 13.2 Å². The number of rotatable bonds is 3.